The van der Waals surface area contributed by atoms with Gasteiger partial charge in [0.1, 0.15) is 0 Å². The molecule has 3 heteroatoms. The molecule has 3 rings (SSSR count). The van der Waals surface area contributed by atoms with Crippen LogP contribution in [0.25, 0.3) is 0 Å². The minimum absolute atomic E-state index is 0.483. The molecule has 0 heterocycles. The van der Waals surface area contributed by atoms with Crippen molar-refractivity contribution in [3.63, 3.8) is 0 Å². The second-order valence-corrected chi connectivity index (χ2v) is 6.32. The number of hydrogen-bond acceptors (Lipinski definition) is 1. The highest BCUT2D eigenvalue weighted by Crippen LogP contribution is 2.40. The Morgan fingerprint density at radius 3 is 2.40 bits per heavy atom. The van der Waals surface area contributed by atoms with Crippen LogP contribution in [-0.4, -0.2) is 6.04 Å². The molecule has 1 fully saturated rings. The van der Waals surface area contributed by atoms with Crippen LogP contribution in [0.15, 0.2) is 42.5 Å². The third-order valence-electron chi connectivity index (χ3n) is 4.02. The second kappa shape index (κ2) is 5.67. The Labute approximate surface area is 129 Å². The molecule has 1 aliphatic carbocycles. The number of nitrogens with one attached hydrogen (secondary N) is 1. The summed E-state index contributed by atoms with van der Waals surface area (Å²) in [6.45, 7) is 1.97. The highest BCUT2D eigenvalue weighted by Gasteiger charge is 2.30. The van der Waals surface area contributed by atoms with Gasteiger partial charge in [-0.1, -0.05) is 53.5 Å². The fraction of sp³-hybridized carbons (Fsp3) is 0.294. The predicted octanol–water partition coefficient (Wildman–Crippen LogP) is 5.66. The van der Waals surface area contributed by atoms with Crippen molar-refractivity contribution < 1.29 is 0 Å². The van der Waals surface area contributed by atoms with Crippen molar-refractivity contribution in [3.05, 3.63) is 63.6 Å². The van der Waals surface area contributed by atoms with Crippen molar-refractivity contribution in [3.8, 4) is 0 Å². The van der Waals surface area contributed by atoms with Crippen molar-refractivity contribution in [1.29, 1.82) is 0 Å². The topological polar surface area (TPSA) is 12.0 Å². The van der Waals surface area contributed by atoms with Gasteiger partial charge in [0.25, 0.3) is 0 Å². The molecule has 0 saturated heterocycles. The van der Waals surface area contributed by atoms with E-state index in [-0.39, 0.29) is 0 Å². The van der Waals surface area contributed by atoms with Crippen LogP contribution in [0.5, 0.6) is 0 Å². The van der Waals surface area contributed by atoms with Gasteiger partial charge in [-0.2, -0.15) is 0 Å². The van der Waals surface area contributed by atoms with Gasteiger partial charge in [-0.05, 0) is 48.9 Å². The Hall–Kier alpha value is -1.18. The van der Waals surface area contributed by atoms with Gasteiger partial charge in [-0.15, -0.1) is 0 Å². The number of halogens is 2. The molecular weight excluding hydrogens is 289 g/mol. The molecule has 2 aromatic rings. The Bertz CT molecular complexity index is 604. The summed E-state index contributed by atoms with van der Waals surface area (Å²) in [7, 11) is 0. The number of rotatable bonds is 3. The smallest absolute Gasteiger partial charge is 0.0641 e. The van der Waals surface area contributed by atoms with Crippen LogP contribution < -0.4 is 5.32 Å². The van der Waals surface area contributed by atoms with E-state index in [1.165, 1.54) is 5.56 Å². The van der Waals surface area contributed by atoms with E-state index in [0.717, 1.165) is 34.1 Å². The lowest BCUT2D eigenvalue weighted by atomic mass is 9.76. The minimum Gasteiger partial charge on any atom is -0.381 e. The van der Waals surface area contributed by atoms with E-state index < -0.39 is 0 Å². The fourth-order valence-electron chi connectivity index (χ4n) is 2.71. The number of anilines is 1. The summed E-state index contributed by atoms with van der Waals surface area (Å²) in [6.07, 6.45) is 2.29. The molecule has 0 aliphatic heterocycles. The van der Waals surface area contributed by atoms with E-state index in [2.05, 4.69) is 35.6 Å². The van der Waals surface area contributed by atoms with Crippen LogP contribution in [0.3, 0.4) is 0 Å². The zero-order valence-corrected chi connectivity index (χ0v) is 12.9. The molecule has 20 heavy (non-hydrogen) atoms. The van der Waals surface area contributed by atoms with E-state index in [4.69, 9.17) is 23.2 Å². The lowest BCUT2D eigenvalue weighted by Crippen LogP contribution is -2.34. The summed E-state index contributed by atoms with van der Waals surface area (Å²) in [6, 6.07) is 15.0. The molecule has 1 aliphatic rings. The molecule has 0 atom stereocenters. The van der Waals surface area contributed by atoms with Crippen LogP contribution in [-0.2, 0) is 0 Å². The Morgan fingerprint density at radius 2 is 1.70 bits per heavy atom. The Morgan fingerprint density at radius 1 is 1.00 bits per heavy atom. The molecule has 2 aromatic carbocycles. The van der Waals surface area contributed by atoms with E-state index >= 15 is 0 Å². The first-order chi connectivity index (χ1) is 9.63. The summed E-state index contributed by atoms with van der Waals surface area (Å²) in [5, 5.41) is 5.00. The Kier molecular flexibility index (Phi) is 3.91. The van der Waals surface area contributed by atoms with Gasteiger partial charge >= 0.3 is 0 Å². The highest BCUT2D eigenvalue weighted by molar-refractivity contribution is 6.35. The summed E-state index contributed by atoms with van der Waals surface area (Å²) in [4.78, 5) is 0. The van der Waals surface area contributed by atoms with Crippen molar-refractivity contribution in [2.75, 3.05) is 5.32 Å². The SMILES string of the molecule is Cc1cc(Cl)c(NC2CC(c3ccccc3)C2)cc1Cl. The standard InChI is InChI=1S/C17H17Cl2N/c1-11-7-16(19)17(10-15(11)18)20-14-8-13(9-14)12-5-3-2-4-6-12/h2-7,10,13-14,20H,8-9H2,1H3. The predicted molar refractivity (Wildman–Crippen MR) is 87.0 cm³/mol. The zero-order chi connectivity index (χ0) is 14.1. The van der Waals surface area contributed by atoms with Crippen LogP contribution in [0, 0.1) is 6.92 Å². The van der Waals surface area contributed by atoms with Gasteiger partial charge in [0.2, 0.25) is 0 Å². The molecule has 1 saturated carbocycles. The van der Waals surface area contributed by atoms with Gasteiger partial charge in [-0.25, -0.2) is 0 Å². The number of aryl methyl sites for hydroxylation is 1. The average molecular weight is 306 g/mol. The number of benzene rings is 2. The third kappa shape index (κ3) is 2.79. The van der Waals surface area contributed by atoms with E-state index in [0.29, 0.717) is 12.0 Å². The first-order valence-corrected chi connectivity index (χ1v) is 7.66. The Balaban J connectivity index is 1.63. The highest BCUT2D eigenvalue weighted by atomic mass is 35.5. The van der Waals surface area contributed by atoms with Crippen LogP contribution in [0.4, 0.5) is 5.69 Å². The maximum absolute atomic E-state index is 6.26. The second-order valence-electron chi connectivity index (χ2n) is 5.50. The molecule has 1 N–H and O–H groups in total. The summed E-state index contributed by atoms with van der Waals surface area (Å²) in [5.41, 5.74) is 3.38. The average Bonchev–Trinajstić information content (AvgIpc) is 2.40. The van der Waals surface area contributed by atoms with Gasteiger partial charge in [0, 0.05) is 11.1 Å². The first-order valence-electron chi connectivity index (χ1n) is 6.90. The third-order valence-corrected chi connectivity index (χ3v) is 4.74. The van der Waals surface area contributed by atoms with E-state index in [9.17, 15) is 0 Å². The van der Waals surface area contributed by atoms with Gasteiger partial charge in [0.05, 0.1) is 10.7 Å². The van der Waals surface area contributed by atoms with Gasteiger partial charge < -0.3 is 5.32 Å². The van der Waals surface area contributed by atoms with Crippen molar-refractivity contribution in [2.45, 2.75) is 31.7 Å². The van der Waals surface area contributed by atoms with E-state index in [1.807, 2.05) is 19.1 Å². The maximum atomic E-state index is 6.26. The van der Waals surface area contributed by atoms with Crippen LogP contribution in [0.1, 0.15) is 29.9 Å². The largest absolute Gasteiger partial charge is 0.381 e. The van der Waals surface area contributed by atoms with Gasteiger partial charge in [-0.3, -0.25) is 0 Å². The van der Waals surface area contributed by atoms with Crippen molar-refractivity contribution >= 4 is 28.9 Å². The summed E-state index contributed by atoms with van der Waals surface area (Å²) < 4.78 is 0. The minimum atomic E-state index is 0.483. The quantitative estimate of drug-likeness (QED) is 0.771. The molecule has 0 unspecified atom stereocenters. The normalized spacial score (nSPS) is 21.4. The molecule has 0 radical (unpaired) electrons. The van der Waals surface area contributed by atoms with Crippen LogP contribution in [0.2, 0.25) is 10.0 Å². The molecule has 0 aromatic heterocycles. The molecule has 1 nitrogen and oxygen atoms in total. The monoisotopic (exact) mass is 305 g/mol. The first kappa shape index (κ1) is 13.8. The molecular formula is C17H17Cl2N. The van der Waals surface area contributed by atoms with Crippen LogP contribution >= 0.6 is 23.2 Å². The lowest BCUT2D eigenvalue weighted by molar-refractivity contribution is 0.374. The zero-order valence-electron chi connectivity index (χ0n) is 11.4. The molecule has 0 amide bonds. The van der Waals surface area contributed by atoms with Gasteiger partial charge in [0.15, 0.2) is 0 Å². The summed E-state index contributed by atoms with van der Waals surface area (Å²) >= 11 is 12.4. The van der Waals surface area contributed by atoms with Crippen molar-refractivity contribution in [2.24, 2.45) is 0 Å². The molecule has 0 spiro atoms. The van der Waals surface area contributed by atoms with E-state index in [1.54, 1.807) is 0 Å². The number of hydrogen-bond donors (Lipinski definition) is 1. The molecule has 0 bridgehead atoms. The molecule has 104 valence electrons. The van der Waals surface area contributed by atoms with Crippen molar-refractivity contribution in [1.82, 2.24) is 0 Å². The lowest BCUT2D eigenvalue weighted by Gasteiger charge is -2.37. The summed E-state index contributed by atoms with van der Waals surface area (Å²) in [5.74, 6) is 0.661. The fourth-order valence-corrected chi connectivity index (χ4v) is 3.15. The maximum Gasteiger partial charge on any atom is 0.0641 e.